The molecule has 1 saturated heterocycles. The highest BCUT2D eigenvalue weighted by Crippen LogP contribution is 2.33. The standard InChI is InChI=1S/C13H16ClF3N2O2S.ClH/c1-8-4-11(2-3-18-8)19-22(20,21)12-6-9(13(15,16)17)5-10(14)7-12;/h5-8,11,18-19H,2-4H2,1H3;1H. The van der Waals surface area contributed by atoms with Gasteiger partial charge >= 0.3 is 6.18 Å². The number of hydrogen-bond donors (Lipinski definition) is 2. The summed E-state index contributed by atoms with van der Waals surface area (Å²) in [6.07, 6.45) is -3.50. The van der Waals surface area contributed by atoms with Gasteiger partial charge in [0.05, 0.1) is 10.5 Å². The van der Waals surface area contributed by atoms with E-state index < -0.39 is 26.7 Å². The summed E-state index contributed by atoms with van der Waals surface area (Å²) in [6.45, 7) is 2.57. The quantitative estimate of drug-likeness (QED) is 0.830. The van der Waals surface area contributed by atoms with Gasteiger partial charge in [0.2, 0.25) is 10.0 Å². The van der Waals surface area contributed by atoms with Crippen molar-refractivity contribution in [2.24, 2.45) is 0 Å². The highest BCUT2D eigenvalue weighted by Gasteiger charge is 2.33. The minimum atomic E-state index is -4.65. The summed E-state index contributed by atoms with van der Waals surface area (Å²) in [5, 5.41) is 2.90. The van der Waals surface area contributed by atoms with Crippen LogP contribution in [0.5, 0.6) is 0 Å². The third-order valence-electron chi connectivity index (χ3n) is 3.45. The van der Waals surface area contributed by atoms with E-state index in [2.05, 4.69) is 10.0 Å². The van der Waals surface area contributed by atoms with Crippen molar-refractivity contribution < 1.29 is 21.6 Å². The summed E-state index contributed by atoms with van der Waals surface area (Å²) >= 11 is 5.63. The molecule has 0 radical (unpaired) electrons. The lowest BCUT2D eigenvalue weighted by Gasteiger charge is -2.28. The molecule has 1 fully saturated rings. The van der Waals surface area contributed by atoms with E-state index in [1.54, 1.807) is 0 Å². The average Bonchev–Trinajstić information content (AvgIpc) is 2.36. The molecule has 0 spiro atoms. The Hall–Kier alpha value is -0.540. The van der Waals surface area contributed by atoms with E-state index in [0.717, 1.165) is 6.07 Å². The zero-order valence-corrected chi connectivity index (χ0v) is 14.5. The molecule has 1 aliphatic rings. The summed E-state index contributed by atoms with van der Waals surface area (Å²) in [6, 6.07) is 2.15. The van der Waals surface area contributed by atoms with Crippen molar-refractivity contribution in [1.82, 2.24) is 10.0 Å². The topological polar surface area (TPSA) is 58.2 Å². The molecule has 4 nitrogen and oxygen atoms in total. The maximum atomic E-state index is 12.8. The smallest absolute Gasteiger partial charge is 0.314 e. The summed E-state index contributed by atoms with van der Waals surface area (Å²) in [7, 11) is -4.05. The molecular weight excluding hydrogens is 376 g/mol. The second kappa shape index (κ2) is 7.57. The number of benzene rings is 1. The lowest BCUT2D eigenvalue weighted by atomic mass is 10.0. The number of hydrogen-bond acceptors (Lipinski definition) is 3. The van der Waals surface area contributed by atoms with Crippen LogP contribution in [0.15, 0.2) is 23.1 Å². The molecule has 0 aromatic heterocycles. The van der Waals surface area contributed by atoms with E-state index in [1.807, 2.05) is 6.92 Å². The van der Waals surface area contributed by atoms with E-state index >= 15 is 0 Å². The maximum Gasteiger partial charge on any atom is 0.416 e. The maximum absolute atomic E-state index is 12.8. The van der Waals surface area contributed by atoms with Crippen LogP contribution >= 0.6 is 24.0 Å². The van der Waals surface area contributed by atoms with E-state index in [4.69, 9.17) is 11.6 Å². The van der Waals surface area contributed by atoms with Gasteiger partial charge in [-0.25, -0.2) is 13.1 Å². The monoisotopic (exact) mass is 392 g/mol. The largest absolute Gasteiger partial charge is 0.416 e. The molecule has 1 aliphatic heterocycles. The van der Waals surface area contributed by atoms with Crippen LogP contribution < -0.4 is 10.0 Å². The van der Waals surface area contributed by atoms with Crippen molar-refractivity contribution in [1.29, 1.82) is 0 Å². The van der Waals surface area contributed by atoms with Gasteiger partial charge in [0.1, 0.15) is 0 Å². The van der Waals surface area contributed by atoms with Crippen molar-refractivity contribution >= 4 is 34.0 Å². The van der Waals surface area contributed by atoms with Crippen molar-refractivity contribution in [3.05, 3.63) is 28.8 Å². The van der Waals surface area contributed by atoms with Crippen LogP contribution in [0.4, 0.5) is 13.2 Å². The fourth-order valence-electron chi connectivity index (χ4n) is 2.41. The van der Waals surface area contributed by atoms with Crippen LogP contribution in [-0.2, 0) is 16.2 Å². The number of sulfonamides is 1. The summed E-state index contributed by atoms with van der Waals surface area (Å²) in [5.74, 6) is 0. The molecule has 1 aromatic carbocycles. The Balaban J connectivity index is 0.00000264. The second-order valence-corrected chi connectivity index (χ2v) is 7.52. The summed E-state index contributed by atoms with van der Waals surface area (Å²) < 4.78 is 65.3. The van der Waals surface area contributed by atoms with Gasteiger partial charge in [-0.2, -0.15) is 13.2 Å². The molecule has 0 amide bonds. The first-order valence-corrected chi connectivity index (χ1v) is 8.57. The van der Waals surface area contributed by atoms with Crippen LogP contribution in [0.1, 0.15) is 25.3 Å². The second-order valence-electron chi connectivity index (χ2n) is 5.37. The van der Waals surface area contributed by atoms with Crippen LogP contribution in [0, 0.1) is 0 Å². The number of piperidine rings is 1. The molecule has 0 aliphatic carbocycles. The Morgan fingerprint density at radius 1 is 1.30 bits per heavy atom. The third kappa shape index (κ3) is 5.49. The Bertz CT molecular complexity index is 653. The molecule has 0 saturated carbocycles. The molecule has 2 unspecified atom stereocenters. The molecular formula is C13H17Cl2F3N2O2S. The molecule has 0 bridgehead atoms. The van der Waals surface area contributed by atoms with Gasteiger partial charge in [-0.05, 0) is 44.5 Å². The number of nitrogens with one attached hydrogen (secondary N) is 2. The lowest BCUT2D eigenvalue weighted by Crippen LogP contribution is -2.46. The van der Waals surface area contributed by atoms with Gasteiger partial charge in [-0.15, -0.1) is 12.4 Å². The number of alkyl halides is 3. The van der Waals surface area contributed by atoms with E-state index in [0.29, 0.717) is 31.5 Å². The van der Waals surface area contributed by atoms with Gasteiger partial charge in [0, 0.05) is 17.1 Å². The van der Waals surface area contributed by atoms with E-state index in [1.165, 1.54) is 0 Å². The van der Waals surface area contributed by atoms with Crippen molar-refractivity contribution in [3.63, 3.8) is 0 Å². The Labute approximate surface area is 144 Å². The first-order valence-electron chi connectivity index (χ1n) is 6.71. The Kier molecular flexibility index (Phi) is 6.74. The van der Waals surface area contributed by atoms with Crippen LogP contribution in [0.3, 0.4) is 0 Å². The van der Waals surface area contributed by atoms with Gasteiger partial charge in [-0.3, -0.25) is 0 Å². The van der Waals surface area contributed by atoms with Crippen molar-refractivity contribution in [2.45, 2.75) is 42.9 Å². The summed E-state index contributed by atoms with van der Waals surface area (Å²) in [4.78, 5) is -0.474. The van der Waals surface area contributed by atoms with Crippen LogP contribution in [0.2, 0.25) is 5.02 Å². The fourth-order valence-corrected chi connectivity index (χ4v) is 4.06. The van der Waals surface area contributed by atoms with Gasteiger partial charge in [0.25, 0.3) is 0 Å². The normalized spacial score (nSPS) is 22.5. The number of halogens is 5. The highest BCUT2D eigenvalue weighted by molar-refractivity contribution is 7.89. The third-order valence-corrected chi connectivity index (χ3v) is 5.17. The fraction of sp³-hybridized carbons (Fsp3) is 0.538. The first-order chi connectivity index (χ1) is 10.1. The SMILES string of the molecule is CC1CC(NS(=O)(=O)c2cc(Cl)cc(C(F)(F)F)c2)CCN1.Cl. The van der Waals surface area contributed by atoms with Crippen LogP contribution in [-0.4, -0.2) is 27.0 Å². The predicted octanol–water partition coefficient (Wildman–Crippen LogP) is 3.20. The molecule has 1 heterocycles. The zero-order chi connectivity index (χ0) is 16.5. The first kappa shape index (κ1) is 20.5. The molecule has 23 heavy (non-hydrogen) atoms. The molecule has 1 aromatic rings. The molecule has 2 rings (SSSR count). The van der Waals surface area contributed by atoms with Gasteiger partial charge < -0.3 is 5.32 Å². The number of rotatable bonds is 3. The Morgan fingerprint density at radius 2 is 1.96 bits per heavy atom. The molecule has 10 heteroatoms. The van der Waals surface area contributed by atoms with E-state index in [-0.39, 0.29) is 29.5 Å². The van der Waals surface area contributed by atoms with Crippen molar-refractivity contribution in [3.8, 4) is 0 Å². The Morgan fingerprint density at radius 3 is 2.52 bits per heavy atom. The molecule has 2 atom stereocenters. The zero-order valence-electron chi connectivity index (χ0n) is 12.2. The lowest BCUT2D eigenvalue weighted by molar-refractivity contribution is -0.137. The average molecular weight is 393 g/mol. The molecule has 132 valence electrons. The highest BCUT2D eigenvalue weighted by atomic mass is 35.5. The minimum absolute atomic E-state index is 0. The van der Waals surface area contributed by atoms with Gasteiger partial charge in [-0.1, -0.05) is 11.6 Å². The predicted molar refractivity (Wildman–Crippen MR) is 84.5 cm³/mol. The van der Waals surface area contributed by atoms with Gasteiger partial charge in [0.15, 0.2) is 0 Å². The van der Waals surface area contributed by atoms with Crippen LogP contribution in [0.25, 0.3) is 0 Å². The van der Waals surface area contributed by atoms with E-state index in [9.17, 15) is 21.6 Å². The molecule has 2 N–H and O–H groups in total. The summed E-state index contributed by atoms with van der Waals surface area (Å²) in [5.41, 5.74) is -1.08. The minimum Gasteiger partial charge on any atom is -0.314 e. The van der Waals surface area contributed by atoms with Crippen molar-refractivity contribution in [2.75, 3.05) is 6.54 Å².